The summed E-state index contributed by atoms with van der Waals surface area (Å²) >= 11 is 0. The first kappa shape index (κ1) is 15.5. The topological polar surface area (TPSA) is 63.2 Å². The van der Waals surface area contributed by atoms with E-state index in [0.29, 0.717) is 11.9 Å². The maximum absolute atomic E-state index is 6.23. The molecule has 2 aromatic heterocycles. The lowest BCUT2D eigenvalue weighted by Gasteiger charge is -2.52. The fraction of sp³-hybridized carbons (Fsp3) is 0.500. The van der Waals surface area contributed by atoms with Crippen LogP contribution in [0.5, 0.6) is 0 Å². The van der Waals surface area contributed by atoms with E-state index in [4.69, 9.17) is 4.74 Å². The first-order valence-corrected chi connectivity index (χ1v) is 8.58. The van der Waals surface area contributed by atoms with Gasteiger partial charge < -0.3 is 10.1 Å². The van der Waals surface area contributed by atoms with Crippen LogP contribution in [-0.4, -0.2) is 51.7 Å². The maximum Gasteiger partial charge on any atom is 0.222 e. The molecule has 2 fully saturated rings. The van der Waals surface area contributed by atoms with Crippen molar-refractivity contribution < 1.29 is 4.74 Å². The third-order valence-corrected chi connectivity index (χ3v) is 4.88. The second-order valence-corrected chi connectivity index (χ2v) is 6.82. The van der Waals surface area contributed by atoms with E-state index in [9.17, 15) is 0 Å². The zero-order valence-corrected chi connectivity index (χ0v) is 13.8. The third-order valence-electron chi connectivity index (χ3n) is 4.88. The fourth-order valence-corrected chi connectivity index (χ4v) is 3.55. The first-order valence-electron chi connectivity index (χ1n) is 8.58. The molecule has 24 heavy (non-hydrogen) atoms. The summed E-state index contributed by atoms with van der Waals surface area (Å²) in [5.41, 5.74) is 1.21. The van der Waals surface area contributed by atoms with Crippen molar-refractivity contribution in [1.82, 2.24) is 19.9 Å². The molecular formula is C18H23N5O. The van der Waals surface area contributed by atoms with Gasteiger partial charge in [-0.05, 0) is 37.0 Å². The van der Waals surface area contributed by atoms with E-state index in [0.717, 1.165) is 44.9 Å². The minimum absolute atomic E-state index is 0.0779. The second kappa shape index (κ2) is 6.83. The van der Waals surface area contributed by atoms with E-state index in [1.165, 1.54) is 6.42 Å². The average Bonchev–Trinajstić information content (AvgIpc) is 2.62. The first-order chi connectivity index (χ1) is 11.8. The zero-order valence-electron chi connectivity index (χ0n) is 13.8. The van der Waals surface area contributed by atoms with Crippen molar-refractivity contribution in [2.45, 2.75) is 25.0 Å². The van der Waals surface area contributed by atoms with Gasteiger partial charge in [-0.2, -0.15) is 0 Å². The lowest BCUT2D eigenvalue weighted by Crippen LogP contribution is -2.64. The molecule has 0 aromatic carbocycles. The smallest absolute Gasteiger partial charge is 0.222 e. The van der Waals surface area contributed by atoms with Gasteiger partial charge in [0, 0.05) is 44.8 Å². The fourth-order valence-electron chi connectivity index (χ4n) is 3.55. The van der Waals surface area contributed by atoms with E-state index >= 15 is 0 Å². The Morgan fingerprint density at radius 2 is 1.96 bits per heavy atom. The Morgan fingerprint density at radius 1 is 1.12 bits per heavy atom. The second-order valence-electron chi connectivity index (χ2n) is 6.82. The summed E-state index contributed by atoms with van der Waals surface area (Å²) in [4.78, 5) is 15.2. The highest BCUT2D eigenvalue weighted by Crippen LogP contribution is 2.36. The highest BCUT2D eigenvalue weighted by atomic mass is 16.5. The van der Waals surface area contributed by atoms with Gasteiger partial charge >= 0.3 is 0 Å². The van der Waals surface area contributed by atoms with Gasteiger partial charge in [0.15, 0.2) is 0 Å². The monoisotopic (exact) mass is 325 g/mol. The van der Waals surface area contributed by atoms with Crippen molar-refractivity contribution in [3.8, 4) is 0 Å². The van der Waals surface area contributed by atoms with Gasteiger partial charge in [0.25, 0.3) is 0 Å². The van der Waals surface area contributed by atoms with Gasteiger partial charge in [-0.1, -0.05) is 6.07 Å². The van der Waals surface area contributed by atoms with Crippen molar-refractivity contribution in [1.29, 1.82) is 0 Å². The van der Waals surface area contributed by atoms with Gasteiger partial charge in [0.1, 0.15) is 0 Å². The van der Waals surface area contributed by atoms with Gasteiger partial charge in [0.2, 0.25) is 5.95 Å². The predicted molar refractivity (Wildman–Crippen MR) is 91.4 cm³/mol. The number of nitrogens with zero attached hydrogens (tertiary/aromatic N) is 4. The molecule has 1 spiro atoms. The molecule has 0 aliphatic carbocycles. The van der Waals surface area contributed by atoms with Crippen LogP contribution in [-0.2, 0) is 11.3 Å². The van der Waals surface area contributed by atoms with E-state index in [1.807, 2.05) is 24.4 Å². The molecule has 2 saturated heterocycles. The van der Waals surface area contributed by atoms with Gasteiger partial charge in [-0.15, -0.1) is 0 Å². The summed E-state index contributed by atoms with van der Waals surface area (Å²) in [5.74, 6) is 1.23. The third kappa shape index (κ3) is 3.55. The number of ether oxygens (including phenoxy) is 1. The van der Waals surface area contributed by atoms with Crippen LogP contribution in [0.4, 0.5) is 5.95 Å². The summed E-state index contributed by atoms with van der Waals surface area (Å²) in [6.07, 6.45) is 7.69. The zero-order chi connectivity index (χ0) is 16.2. The molecule has 126 valence electrons. The normalized spacial score (nSPS) is 22.9. The number of likely N-dealkylation sites (tertiary alicyclic amines) is 1. The van der Waals surface area contributed by atoms with E-state index < -0.39 is 0 Å². The predicted octanol–water partition coefficient (Wildman–Crippen LogP) is 1.96. The van der Waals surface area contributed by atoms with Crippen molar-refractivity contribution >= 4 is 5.95 Å². The number of pyridine rings is 1. The van der Waals surface area contributed by atoms with E-state index in [1.54, 1.807) is 12.4 Å². The maximum atomic E-state index is 6.23. The Bertz CT molecular complexity index is 635. The molecule has 6 heteroatoms. The lowest BCUT2D eigenvalue weighted by atomic mass is 9.83. The van der Waals surface area contributed by atoms with Crippen molar-refractivity contribution in [2.24, 2.45) is 5.92 Å². The summed E-state index contributed by atoms with van der Waals surface area (Å²) in [5, 5.41) is 3.30. The Hall–Kier alpha value is -2.05. The van der Waals surface area contributed by atoms with Crippen LogP contribution in [0.15, 0.2) is 42.9 Å². The molecule has 6 nitrogen and oxygen atoms in total. The van der Waals surface area contributed by atoms with E-state index in [2.05, 4.69) is 31.2 Å². The number of rotatable bonds is 5. The van der Waals surface area contributed by atoms with Gasteiger partial charge in [-0.3, -0.25) is 9.88 Å². The molecule has 2 aliphatic rings. The standard InChI is InChI=1S/C18H23N5O/c1-2-7-19-16(4-1)11-23-13-18(14-23)6-5-15(12-24-18)10-22-17-20-8-3-9-21-17/h1-4,7-9,15H,5-6,10-14H2,(H,20,21,22). The van der Waals surface area contributed by atoms with Crippen molar-refractivity contribution in [3.63, 3.8) is 0 Å². The molecule has 4 rings (SSSR count). The largest absolute Gasteiger partial charge is 0.372 e. The molecular weight excluding hydrogens is 302 g/mol. The van der Waals surface area contributed by atoms with E-state index in [-0.39, 0.29) is 5.60 Å². The molecule has 0 amide bonds. The van der Waals surface area contributed by atoms with Crippen LogP contribution in [0.1, 0.15) is 18.5 Å². The van der Waals surface area contributed by atoms with Gasteiger partial charge in [-0.25, -0.2) is 9.97 Å². The molecule has 0 radical (unpaired) electrons. The SMILES string of the molecule is c1ccc(CN2CC3(CCC(CNc4ncccn4)CO3)C2)nc1. The van der Waals surface area contributed by atoms with Crippen molar-refractivity contribution in [2.75, 3.05) is 31.6 Å². The molecule has 1 atom stereocenters. The molecule has 4 heterocycles. The van der Waals surface area contributed by atoms with Crippen LogP contribution in [0.2, 0.25) is 0 Å². The van der Waals surface area contributed by atoms with Crippen molar-refractivity contribution in [3.05, 3.63) is 48.5 Å². The summed E-state index contributed by atoms with van der Waals surface area (Å²) in [6.45, 7) is 4.65. The quantitative estimate of drug-likeness (QED) is 0.907. The van der Waals surface area contributed by atoms with Crippen LogP contribution in [0.3, 0.4) is 0 Å². The van der Waals surface area contributed by atoms with Crippen LogP contribution in [0.25, 0.3) is 0 Å². The molecule has 0 saturated carbocycles. The van der Waals surface area contributed by atoms with Crippen LogP contribution < -0.4 is 5.32 Å². The highest BCUT2D eigenvalue weighted by molar-refractivity contribution is 5.22. The Balaban J connectivity index is 1.20. The molecule has 1 unspecified atom stereocenters. The molecule has 0 bridgehead atoms. The molecule has 2 aromatic rings. The summed E-state index contributed by atoms with van der Waals surface area (Å²) in [7, 11) is 0. The van der Waals surface area contributed by atoms with Gasteiger partial charge in [0.05, 0.1) is 17.9 Å². The Labute approximate surface area is 142 Å². The number of hydrogen-bond acceptors (Lipinski definition) is 6. The van der Waals surface area contributed by atoms with Crippen LogP contribution >= 0.6 is 0 Å². The minimum atomic E-state index is 0.0779. The number of hydrogen-bond donors (Lipinski definition) is 1. The summed E-state index contributed by atoms with van der Waals surface area (Å²) in [6, 6.07) is 7.91. The summed E-state index contributed by atoms with van der Waals surface area (Å²) < 4.78 is 6.23. The highest BCUT2D eigenvalue weighted by Gasteiger charge is 2.46. The molecule has 2 aliphatic heterocycles. The number of anilines is 1. The van der Waals surface area contributed by atoms with Crippen LogP contribution in [0, 0.1) is 5.92 Å². The average molecular weight is 325 g/mol. The molecule has 1 N–H and O–H groups in total. The Morgan fingerprint density at radius 3 is 2.67 bits per heavy atom. The minimum Gasteiger partial charge on any atom is -0.372 e. The lowest BCUT2D eigenvalue weighted by molar-refractivity contribution is -0.180. The number of nitrogens with one attached hydrogen (secondary N) is 1. The number of aromatic nitrogens is 3. The Kier molecular flexibility index (Phi) is 4.40.